The van der Waals surface area contributed by atoms with Gasteiger partial charge in [0, 0.05) is 36.5 Å². The molecule has 2 aliphatic rings. The number of aliphatic hydroxyl groups excluding tert-OH is 1. The third-order valence-electron chi connectivity index (χ3n) is 6.84. The molecule has 0 aliphatic heterocycles. The van der Waals surface area contributed by atoms with Crippen molar-refractivity contribution >= 4 is 22.5 Å². The molecule has 34 heavy (non-hydrogen) atoms. The maximum absolute atomic E-state index is 13.3. The van der Waals surface area contributed by atoms with Crippen molar-refractivity contribution in [3.05, 3.63) is 52.6 Å². The molecule has 2 aromatic heterocycles. The standard InChI is InChI=1S/C26H32N4O4/c1-16(2)34-24-13-23-18(14-30(28-23)20-7-5-17(15-31)6-8-20)12-21(24)25(32)27-22-4-3-11-29(26(22)33)19-9-10-19/h3-4,11-14,16-17,19-20,31H,5-10,15H2,1-2H3,(H,27,32)/t17-,20-. The number of pyridine rings is 1. The molecule has 0 atom stereocenters. The molecule has 8 heteroatoms. The molecule has 0 bridgehead atoms. The number of aliphatic hydroxyl groups is 1. The third kappa shape index (κ3) is 4.59. The van der Waals surface area contributed by atoms with E-state index in [1.807, 2.05) is 30.8 Å². The van der Waals surface area contributed by atoms with Crippen LogP contribution in [0.4, 0.5) is 5.69 Å². The Balaban J connectivity index is 1.45. The molecule has 1 aromatic carbocycles. The lowest BCUT2D eigenvalue weighted by atomic mass is 9.87. The zero-order chi connectivity index (χ0) is 23.8. The van der Waals surface area contributed by atoms with Crippen LogP contribution in [-0.4, -0.2) is 38.1 Å². The van der Waals surface area contributed by atoms with E-state index < -0.39 is 0 Å². The predicted molar refractivity (Wildman–Crippen MR) is 131 cm³/mol. The Labute approximate surface area is 198 Å². The number of amides is 1. The van der Waals surface area contributed by atoms with Gasteiger partial charge in [-0.15, -0.1) is 0 Å². The average molecular weight is 465 g/mol. The molecule has 180 valence electrons. The fourth-order valence-corrected chi connectivity index (χ4v) is 4.81. The summed E-state index contributed by atoms with van der Waals surface area (Å²) in [4.78, 5) is 26.1. The van der Waals surface area contributed by atoms with Crippen LogP contribution in [0.25, 0.3) is 10.9 Å². The fourth-order valence-electron chi connectivity index (χ4n) is 4.81. The minimum Gasteiger partial charge on any atom is -0.490 e. The molecule has 1 amide bonds. The largest absolute Gasteiger partial charge is 0.490 e. The highest BCUT2D eigenvalue weighted by Crippen LogP contribution is 2.35. The molecule has 3 aromatic rings. The minimum absolute atomic E-state index is 0.122. The van der Waals surface area contributed by atoms with Gasteiger partial charge in [0.1, 0.15) is 11.4 Å². The maximum Gasteiger partial charge on any atom is 0.274 e. The molecule has 0 unspecified atom stereocenters. The number of ether oxygens (including phenoxy) is 1. The van der Waals surface area contributed by atoms with E-state index in [1.54, 1.807) is 29.0 Å². The summed E-state index contributed by atoms with van der Waals surface area (Å²) in [5.74, 6) is 0.456. The highest BCUT2D eigenvalue weighted by molar-refractivity contribution is 6.08. The van der Waals surface area contributed by atoms with Crippen molar-refractivity contribution in [1.82, 2.24) is 14.3 Å². The lowest BCUT2D eigenvalue weighted by Crippen LogP contribution is -2.25. The maximum atomic E-state index is 13.3. The number of fused-ring (bicyclic) bond motifs is 1. The van der Waals surface area contributed by atoms with Gasteiger partial charge in [0.2, 0.25) is 0 Å². The van der Waals surface area contributed by atoms with Crippen molar-refractivity contribution in [3.8, 4) is 5.75 Å². The molecular formula is C26H32N4O4. The molecule has 5 rings (SSSR count). The monoisotopic (exact) mass is 464 g/mol. The van der Waals surface area contributed by atoms with Crippen molar-refractivity contribution < 1.29 is 14.6 Å². The van der Waals surface area contributed by atoms with E-state index in [2.05, 4.69) is 5.32 Å². The zero-order valence-electron chi connectivity index (χ0n) is 19.7. The summed E-state index contributed by atoms with van der Waals surface area (Å²) in [6.45, 7) is 4.07. The smallest absolute Gasteiger partial charge is 0.274 e. The van der Waals surface area contributed by atoms with E-state index in [1.165, 1.54) is 0 Å². The zero-order valence-corrected chi connectivity index (χ0v) is 19.7. The van der Waals surface area contributed by atoms with Gasteiger partial charge in [-0.2, -0.15) is 5.10 Å². The normalized spacial score (nSPS) is 20.6. The van der Waals surface area contributed by atoms with Crippen LogP contribution in [0, 0.1) is 5.92 Å². The second-order valence-electron chi connectivity index (χ2n) is 9.86. The number of benzene rings is 1. The summed E-state index contributed by atoms with van der Waals surface area (Å²) < 4.78 is 9.66. The van der Waals surface area contributed by atoms with E-state index in [-0.39, 0.29) is 41.9 Å². The van der Waals surface area contributed by atoms with Gasteiger partial charge >= 0.3 is 0 Å². The van der Waals surface area contributed by atoms with E-state index >= 15 is 0 Å². The summed E-state index contributed by atoms with van der Waals surface area (Å²) in [6.07, 6.45) is 9.55. The first-order chi connectivity index (χ1) is 16.4. The lowest BCUT2D eigenvalue weighted by Gasteiger charge is -2.27. The number of anilines is 1. The molecular weight excluding hydrogens is 432 g/mol. The number of nitrogens with zero attached hydrogens (tertiary/aromatic N) is 3. The lowest BCUT2D eigenvalue weighted by molar-refractivity contribution is 0.102. The Morgan fingerprint density at radius 1 is 1.18 bits per heavy atom. The summed E-state index contributed by atoms with van der Waals surface area (Å²) in [7, 11) is 0. The van der Waals surface area contributed by atoms with Crippen molar-refractivity contribution in [2.45, 2.75) is 70.6 Å². The van der Waals surface area contributed by atoms with Gasteiger partial charge in [-0.1, -0.05) is 0 Å². The van der Waals surface area contributed by atoms with Gasteiger partial charge in [-0.25, -0.2) is 0 Å². The van der Waals surface area contributed by atoms with E-state index in [4.69, 9.17) is 9.84 Å². The number of rotatable bonds is 7. The molecule has 0 saturated heterocycles. The number of hydrogen-bond acceptors (Lipinski definition) is 5. The van der Waals surface area contributed by atoms with Crippen molar-refractivity contribution in [2.75, 3.05) is 11.9 Å². The molecule has 2 N–H and O–H groups in total. The SMILES string of the molecule is CC(C)Oc1cc2nn([C@H]3CC[C@H](CO)CC3)cc2cc1C(=O)Nc1cccn(C2CC2)c1=O. The Morgan fingerprint density at radius 2 is 1.91 bits per heavy atom. The second kappa shape index (κ2) is 9.25. The highest BCUT2D eigenvalue weighted by atomic mass is 16.5. The van der Waals surface area contributed by atoms with Crippen LogP contribution in [0.2, 0.25) is 0 Å². The van der Waals surface area contributed by atoms with Crippen LogP contribution in [0.1, 0.15) is 74.8 Å². The summed E-state index contributed by atoms with van der Waals surface area (Å²) >= 11 is 0. The summed E-state index contributed by atoms with van der Waals surface area (Å²) in [5.41, 5.74) is 1.24. The van der Waals surface area contributed by atoms with Gasteiger partial charge in [0.15, 0.2) is 0 Å². The van der Waals surface area contributed by atoms with Crippen LogP contribution in [0.5, 0.6) is 5.75 Å². The van der Waals surface area contributed by atoms with Crippen molar-refractivity contribution in [2.24, 2.45) is 5.92 Å². The van der Waals surface area contributed by atoms with E-state index in [0.29, 0.717) is 17.2 Å². The first-order valence-corrected chi connectivity index (χ1v) is 12.3. The van der Waals surface area contributed by atoms with Crippen molar-refractivity contribution in [1.29, 1.82) is 0 Å². The molecule has 2 aliphatic carbocycles. The van der Waals surface area contributed by atoms with E-state index in [0.717, 1.165) is 49.4 Å². The predicted octanol–water partition coefficient (Wildman–Crippen LogP) is 4.30. The van der Waals surface area contributed by atoms with Gasteiger partial charge in [-0.3, -0.25) is 14.3 Å². The fraction of sp³-hybridized carbons (Fsp3) is 0.500. The Morgan fingerprint density at radius 3 is 2.59 bits per heavy atom. The average Bonchev–Trinajstić information content (AvgIpc) is 3.58. The molecule has 2 fully saturated rings. The third-order valence-corrected chi connectivity index (χ3v) is 6.84. The number of nitrogens with one attached hydrogen (secondary N) is 1. The number of carbonyl (C=O) groups is 1. The highest BCUT2D eigenvalue weighted by Gasteiger charge is 2.26. The van der Waals surface area contributed by atoms with Gasteiger partial charge in [0.05, 0.1) is 23.2 Å². The summed E-state index contributed by atoms with van der Waals surface area (Å²) in [5, 5.41) is 17.9. The first kappa shape index (κ1) is 22.7. The minimum atomic E-state index is -0.376. The molecule has 2 saturated carbocycles. The first-order valence-electron chi connectivity index (χ1n) is 12.3. The van der Waals surface area contributed by atoms with Crippen LogP contribution in [0.15, 0.2) is 41.5 Å². The van der Waals surface area contributed by atoms with Gasteiger partial charge < -0.3 is 19.7 Å². The topological polar surface area (TPSA) is 98.4 Å². The quantitative estimate of drug-likeness (QED) is 0.543. The Kier molecular flexibility index (Phi) is 6.16. The van der Waals surface area contributed by atoms with Gasteiger partial charge in [0.25, 0.3) is 11.5 Å². The molecule has 0 radical (unpaired) electrons. The van der Waals surface area contributed by atoms with Gasteiger partial charge in [-0.05, 0) is 76.5 Å². The molecule has 0 spiro atoms. The van der Waals surface area contributed by atoms with Crippen LogP contribution in [-0.2, 0) is 0 Å². The number of hydrogen-bond donors (Lipinski definition) is 2. The van der Waals surface area contributed by atoms with Crippen LogP contribution < -0.4 is 15.6 Å². The van der Waals surface area contributed by atoms with Crippen LogP contribution in [0.3, 0.4) is 0 Å². The molecule has 2 heterocycles. The molecule has 8 nitrogen and oxygen atoms in total. The Bertz CT molecular complexity index is 1250. The number of carbonyl (C=O) groups excluding carboxylic acids is 1. The second-order valence-corrected chi connectivity index (χ2v) is 9.86. The van der Waals surface area contributed by atoms with Crippen molar-refractivity contribution in [3.63, 3.8) is 0 Å². The van der Waals surface area contributed by atoms with E-state index in [9.17, 15) is 14.7 Å². The Hall–Kier alpha value is -3.13. The summed E-state index contributed by atoms with van der Waals surface area (Å²) in [6, 6.07) is 7.56. The van der Waals surface area contributed by atoms with Crippen LogP contribution >= 0.6 is 0 Å². The number of aromatic nitrogens is 3.